The van der Waals surface area contributed by atoms with E-state index in [1.165, 1.54) is 10.6 Å². The fourth-order valence-electron chi connectivity index (χ4n) is 3.64. The Morgan fingerprint density at radius 1 is 1.15 bits per heavy atom. The average molecular weight is 461 g/mol. The number of amides is 1. The highest BCUT2D eigenvalue weighted by Crippen LogP contribution is 2.39. The zero-order chi connectivity index (χ0) is 24.2. The van der Waals surface area contributed by atoms with Gasteiger partial charge in [0.15, 0.2) is 11.6 Å². The van der Waals surface area contributed by atoms with Gasteiger partial charge in [0.1, 0.15) is 17.1 Å². The van der Waals surface area contributed by atoms with Gasteiger partial charge in [0.05, 0.1) is 0 Å². The van der Waals surface area contributed by atoms with Gasteiger partial charge >= 0.3 is 0 Å². The Kier molecular flexibility index (Phi) is 6.46. The van der Waals surface area contributed by atoms with E-state index in [0.29, 0.717) is 40.6 Å². The van der Waals surface area contributed by atoms with Gasteiger partial charge in [-0.2, -0.15) is 0 Å². The molecule has 6 nitrogen and oxygen atoms in total. The molecule has 1 amide bonds. The monoisotopic (exact) mass is 461 g/mol. The molecular formula is C26H21F2N3O3. The van der Waals surface area contributed by atoms with E-state index in [9.17, 15) is 18.4 Å². The van der Waals surface area contributed by atoms with Gasteiger partial charge in [0.2, 0.25) is 5.91 Å². The van der Waals surface area contributed by atoms with Crippen molar-refractivity contribution in [3.63, 3.8) is 0 Å². The number of H-pyrrole nitrogens is 1. The molecule has 2 N–H and O–H groups in total. The summed E-state index contributed by atoms with van der Waals surface area (Å²) >= 11 is 0. The van der Waals surface area contributed by atoms with Crippen molar-refractivity contribution in [3.05, 3.63) is 76.8 Å². The van der Waals surface area contributed by atoms with E-state index >= 15 is 0 Å². The van der Waals surface area contributed by atoms with Crippen LogP contribution < -0.4 is 15.6 Å². The number of halogens is 2. The van der Waals surface area contributed by atoms with Crippen molar-refractivity contribution in [2.45, 2.75) is 19.3 Å². The molecule has 0 unspecified atom stereocenters. The first-order valence-corrected chi connectivity index (χ1v) is 10.5. The largest absolute Gasteiger partial charge is 0.454 e. The summed E-state index contributed by atoms with van der Waals surface area (Å²) in [6, 6.07) is 9.66. The number of fused-ring (bicyclic) bond motifs is 1. The molecule has 0 aliphatic rings. The fourth-order valence-corrected chi connectivity index (χ4v) is 3.64. The van der Waals surface area contributed by atoms with Crippen LogP contribution >= 0.6 is 0 Å². The van der Waals surface area contributed by atoms with Gasteiger partial charge < -0.3 is 19.6 Å². The van der Waals surface area contributed by atoms with Crippen LogP contribution in [0.4, 0.5) is 14.5 Å². The average Bonchev–Trinajstić information content (AvgIpc) is 3.29. The number of carbonyl (C=O) groups excluding carboxylic acids is 1. The minimum absolute atomic E-state index is 0.163. The Balaban J connectivity index is 1.80. The van der Waals surface area contributed by atoms with Crippen molar-refractivity contribution in [2.24, 2.45) is 7.05 Å². The number of benzene rings is 2. The molecule has 0 saturated heterocycles. The minimum Gasteiger partial charge on any atom is -0.454 e. The Labute approximate surface area is 194 Å². The molecule has 0 bridgehead atoms. The summed E-state index contributed by atoms with van der Waals surface area (Å²) < 4.78 is 34.9. The maximum atomic E-state index is 14.3. The van der Waals surface area contributed by atoms with Gasteiger partial charge in [-0.15, -0.1) is 12.3 Å². The summed E-state index contributed by atoms with van der Waals surface area (Å²) in [5, 5.41) is 3.46. The Morgan fingerprint density at radius 3 is 2.71 bits per heavy atom. The molecule has 0 aliphatic carbocycles. The Morgan fingerprint density at radius 2 is 1.94 bits per heavy atom. The summed E-state index contributed by atoms with van der Waals surface area (Å²) in [4.78, 5) is 27.8. The van der Waals surface area contributed by atoms with E-state index in [0.717, 1.165) is 12.1 Å². The predicted molar refractivity (Wildman–Crippen MR) is 127 cm³/mol. The number of aryl methyl sites for hydroxylation is 1. The summed E-state index contributed by atoms with van der Waals surface area (Å²) in [7, 11) is 1.61. The van der Waals surface area contributed by atoms with Crippen molar-refractivity contribution >= 4 is 22.5 Å². The standard InChI is InChI=1S/C26H21F2N3O3/c1-3-4-5-6-24(32)30-17-8-10-22(34-23-9-7-16(27)13-21(23)28)19(14-17)20-15-31(2)26(33)25-18(20)11-12-29-25/h1,7-15,29H,4-6H2,2H3,(H,30,32). The van der Waals surface area contributed by atoms with Gasteiger partial charge in [0.25, 0.3) is 5.56 Å². The number of rotatable bonds is 7. The number of aromatic amines is 1. The molecule has 2 aromatic carbocycles. The molecule has 4 rings (SSSR count). The van der Waals surface area contributed by atoms with E-state index < -0.39 is 11.6 Å². The molecule has 0 spiro atoms. The number of unbranched alkanes of at least 4 members (excludes halogenated alkanes) is 1. The molecule has 2 aromatic heterocycles. The van der Waals surface area contributed by atoms with Crippen molar-refractivity contribution in [1.29, 1.82) is 0 Å². The van der Waals surface area contributed by atoms with Gasteiger partial charge in [-0.05, 0) is 42.8 Å². The SMILES string of the molecule is C#CCCCC(=O)Nc1ccc(Oc2ccc(F)cc2F)c(-c2cn(C)c(=O)c3[nH]ccc23)c1. The first-order valence-electron chi connectivity index (χ1n) is 10.5. The molecule has 0 aliphatic heterocycles. The van der Waals surface area contributed by atoms with E-state index in [1.807, 2.05) is 0 Å². The first kappa shape index (κ1) is 22.8. The van der Waals surface area contributed by atoms with Crippen molar-refractivity contribution in [3.8, 4) is 35.0 Å². The molecule has 8 heteroatoms. The lowest BCUT2D eigenvalue weighted by molar-refractivity contribution is -0.116. The molecule has 34 heavy (non-hydrogen) atoms. The highest BCUT2D eigenvalue weighted by molar-refractivity contribution is 5.98. The van der Waals surface area contributed by atoms with Gasteiger partial charge in [0, 0.05) is 60.5 Å². The van der Waals surface area contributed by atoms with Crippen LogP contribution in [0.2, 0.25) is 0 Å². The number of aromatic nitrogens is 2. The second-order valence-electron chi connectivity index (χ2n) is 7.72. The van der Waals surface area contributed by atoms with E-state index in [2.05, 4.69) is 16.2 Å². The van der Waals surface area contributed by atoms with Crippen molar-refractivity contribution in [1.82, 2.24) is 9.55 Å². The fraction of sp³-hybridized carbons (Fsp3) is 0.154. The third kappa shape index (κ3) is 4.69. The van der Waals surface area contributed by atoms with Crippen LogP contribution in [0.15, 0.2) is 59.7 Å². The number of terminal acetylenes is 1. The summed E-state index contributed by atoms with van der Waals surface area (Å²) in [6.45, 7) is 0. The molecule has 2 heterocycles. The molecule has 172 valence electrons. The van der Waals surface area contributed by atoms with E-state index in [1.54, 1.807) is 43.7 Å². The molecule has 0 radical (unpaired) electrons. The van der Waals surface area contributed by atoms with Crippen LogP contribution in [0.3, 0.4) is 0 Å². The highest BCUT2D eigenvalue weighted by atomic mass is 19.1. The van der Waals surface area contributed by atoms with Crippen LogP contribution in [0.25, 0.3) is 22.0 Å². The summed E-state index contributed by atoms with van der Waals surface area (Å²) in [5.41, 5.74) is 1.80. The van der Waals surface area contributed by atoms with Crippen LogP contribution in [0.1, 0.15) is 19.3 Å². The number of hydrogen-bond acceptors (Lipinski definition) is 3. The van der Waals surface area contributed by atoms with Gasteiger partial charge in [-0.3, -0.25) is 9.59 Å². The van der Waals surface area contributed by atoms with E-state index in [-0.39, 0.29) is 29.4 Å². The smallest absolute Gasteiger partial charge is 0.274 e. The maximum absolute atomic E-state index is 14.3. The second kappa shape index (κ2) is 9.63. The number of ether oxygens (including phenoxy) is 1. The highest BCUT2D eigenvalue weighted by Gasteiger charge is 2.17. The van der Waals surface area contributed by atoms with Gasteiger partial charge in [-0.1, -0.05) is 0 Å². The number of hydrogen-bond donors (Lipinski definition) is 2. The quantitative estimate of drug-likeness (QED) is 0.288. The lowest BCUT2D eigenvalue weighted by atomic mass is 10.0. The van der Waals surface area contributed by atoms with Crippen LogP contribution in [0, 0.1) is 24.0 Å². The lowest BCUT2D eigenvalue weighted by Crippen LogP contribution is -2.16. The molecular weight excluding hydrogens is 440 g/mol. The van der Waals surface area contributed by atoms with Crippen LogP contribution in [0.5, 0.6) is 11.5 Å². The number of nitrogens with one attached hydrogen (secondary N) is 2. The first-order chi connectivity index (χ1) is 16.4. The van der Waals surface area contributed by atoms with E-state index in [4.69, 9.17) is 11.2 Å². The molecule has 0 atom stereocenters. The summed E-state index contributed by atoms with van der Waals surface area (Å²) in [5.74, 6) is 0.815. The Hall–Kier alpha value is -4.38. The number of pyridine rings is 1. The van der Waals surface area contributed by atoms with Crippen LogP contribution in [-0.2, 0) is 11.8 Å². The lowest BCUT2D eigenvalue weighted by Gasteiger charge is -2.16. The number of anilines is 1. The zero-order valence-electron chi connectivity index (χ0n) is 18.3. The van der Waals surface area contributed by atoms with Crippen molar-refractivity contribution < 1.29 is 18.3 Å². The predicted octanol–water partition coefficient (Wildman–Crippen LogP) is 5.35. The third-order valence-corrected chi connectivity index (χ3v) is 5.29. The Bertz CT molecular complexity index is 1480. The van der Waals surface area contributed by atoms with Crippen LogP contribution in [-0.4, -0.2) is 15.5 Å². The van der Waals surface area contributed by atoms with Gasteiger partial charge in [-0.25, -0.2) is 8.78 Å². The number of nitrogens with zero attached hydrogens (tertiary/aromatic N) is 1. The number of carbonyl (C=O) groups is 1. The second-order valence-corrected chi connectivity index (χ2v) is 7.72. The topological polar surface area (TPSA) is 76.1 Å². The maximum Gasteiger partial charge on any atom is 0.274 e. The molecule has 0 fully saturated rings. The third-order valence-electron chi connectivity index (χ3n) is 5.29. The molecule has 4 aromatic rings. The minimum atomic E-state index is -0.857. The zero-order valence-corrected chi connectivity index (χ0v) is 18.3. The normalized spacial score (nSPS) is 10.8. The molecule has 0 saturated carbocycles. The van der Waals surface area contributed by atoms with Crippen molar-refractivity contribution in [2.75, 3.05) is 5.32 Å². The summed E-state index contributed by atoms with van der Waals surface area (Å²) in [6.07, 6.45) is 9.85.